The van der Waals surface area contributed by atoms with E-state index in [1.54, 1.807) is 20.4 Å². The second-order valence-electron chi connectivity index (χ2n) is 8.89. The van der Waals surface area contributed by atoms with Crippen molar-refractivity contribution in [2.75, 3.05) is 32.3 Å². The van der Waals surface area contributed by atoms with Crippen LogP contribution in [0.5, 0.6) is 11.5 Å². The van der Waals surface area contributed by atoms with Crippen LogP contribution in [-0.4, -0.2) is 42.1 Å². The number of benzene rings is 2. The molecule has 5 rings (SSSR count). The Morgan fingerprint density at radius 1 is 0.974 bits per heavy atom. The zero-order valence-corrected chi connectivity index (χ0v) is 23.0. The van der Waals surface area contributed by atoms with E-state index in [0.29, 0.717) is 29.1 Å². The van der Waals surface area contributed by atoms with Crippen LogP contribution >= 0.6 is 23.8 Å². The van der Waals surface area contributed by atoms with Crippen molar-refractivity contribution in [3.8, 4) is 17.2 Å². The Morgan fingerprint density at radius 2 is 1.76 bits per heavy atom. The van der Waals surface area contributed by atoms with Crippen LogP contribution in [0.1, 0.15) is 29.2 Å². The zero-order valence-electron chi connectivity index (χ0n) is 21.4. The van der Waals surface area contributed by atoms with Gasteiger partial charge in [0.05, 0.1) is 30.5 Å². The number of halogens is 1. The molecule has 196 valence electrons. The third-order valence-electron chi connectivity index (χ3n) is 6.58. The molecule has 0 aliphatic carbocycles. The molecule has 7 nitrogen and oxygen atoms in total. The lowest BCUT2D eigenvalue weighted by Gasteiger charge is -2.29. The average molecular weight is 549 g/mol. The second kappa shape index (κ2) is 11.4. The van der Waals surface area contributed by atoms with E-state index < -0.39 is 0 Å². The number of thiocarbonyl (C=S) groups is 1. The number of nitrogens with one attached hydrogen (secondary N) is 1. The smallest absolute Gasteiger partial charge is 0.174 e. The lowest BCUT2D eigenvalue weighted by atomic mass is 10.0. The van der Waals surface area contributed by atoms with Crippen molar-refractivity contribution in [1.29, 1.82) is 0 Å². The van der Waals surface area contributed by atoms with Crippen LogP contribution in [0.3, 0.4) is 0 Å². The molecule has 1 saturated heterocycles. The highest BCUT2D eigenvalue weighted by atomic mass is 35.5. The van der Waals surface area contributed by atoms with E-state index >= 15 is 0 Å². The largest absolute Gasteiger partial charge is 0.497 e. The van der Waals surface area contributed by atoms with Crippen LogP contribution < -0.4 is 19.7 Å². The molecule has 0 spiro atoms. The molecule has 0 saturated carbocycles. The minimum atomic E-state index is -0.204. The van der Waals surface area contributed by atoms with Gasteiger partial charge >= 0.3 is 0 Å². The first-order chi connectivity index (χ1) is 18.5. The monoisotopic (exact) mass is 548 g/mol. The number of rotatable bonds is 9. The summed E-state index contributed by atoms with van der Waals surface area (Å²) in [6.45, 7) is 2.99. The Kier molecular flexibility index (Phi) is 7.83. The van der Waals surface area contributed by atoms with E-state index in [-0.39, 0.29) is 12.1 Å². The second-order valence-corrected chi connectivity index (χ2v) is 9.68. The number of methoxy groups -OCH3 is 2. The molecule has 1 aliphatic rings. The molecular weight excluding hydrogens is 520 g/mol. The van der Waals surface area contributed by atoms with Crippen LogP contribution in [0.2, 0.25) is 5.02 Å². The Balaban J connectivity index is 1.60. The van der Waals surface area contributed by atoms with Crippen molar-refractivity contribution < 1.29 is 14.2 Å². The molecular formula is C29H29ClN4O3S. The van der Waals surface area contributed by atoms with Gasteiger partial charge in [0, 0.05) is 36.1 Å². The van der Waals surface area contributed by atoms with Gasteiger partial charge in [-0.3, -0.25) is 4.98 Å². The summed E-state index contributed by atoms with van der Waals surface area (Å²) in [4.78, 5) is 6.78. The fourth-order valence-corrected chi connectivity index (χ4v) is 5.37. The van der Waals surface area contributed by atoms with Crippen LogP contribution in [0.4, 0.5) is 5.69 Å². The van der Waals surface area contributed by atoms with Gasteiger partial charge in [-0.25, -0.2) is 0 Å². The van der Waals surface area contributed by atoms with Crippen LogP contribution in [0, 0.1) is 6.92 Å². The van der Waals surface area contributed by atoms with Crippen molar-refractivity contribution in [3.05, 3.63) is 101 Å². The third-order valence-corrected chi connectivity index (χ3v) is 7.19. The Morgan fingerprint density at radius 3 is 2.45 bits per heavy atom. The van der Waals surface area contributed by atoms with E-state index in [1.165, 1.54) is 0 Å². The predicted molar refractivity (Wildman–Crippen MR) is 154 cm³/mol. The molecule has 0 amide bonds. The van der Waals surface area contributed by atoms with Crippen molar-refractivity contribution in [2.45, 2.75) is 19.0 Å². The first-order valence-corrected chi connectivity index (χ1v) is 13.0. The maximum Gasteiger partial charge on any atom is 0.174 e. The van der Waals surface area contributed by atoms with Crippen LogP contribution in [0.25, 0.3) is 5.69 Å². The summed E-state index contributed by atoms with van der Waals surface area (Å²) in [6, 6.07) is 23.6. The number of nitrogens with zero attached hydrogens (tertiary/aromatic N) is 3. The summed E-state index contributed by atoms with van der Waals surface area (Å²) in [5.41, 5.74) is 4.94. The molecule has 1 aliphatic heterocycles. The first-order valence-electron chi connectivity index (χ1n) is 12.3. The summed E-state index contributed by atoms with van der Waals surface area (Å²) >= 11 is 12.6. The summed E-state index contributed by atoms with van der Waals surface area (Å²) in [6.07, 6.45) is 1.80. The van der Waals surface area contributed by atoms with E-state index in [1.807, 2.05) is 48.5 Å². The van der Waals surface area contributed by atoms with Crippen molar-refractivity contribution in [1.82, 2.24) is 14.9 Å². The summed E-state index contributed by atoms with van der Waals surface area (Å²) in [5.74, 6) is 1.40. The Hall–Kier alpha value is -3.59. The standard InChI is InChI=1S/C29H29ClN4O3S/c1-19-7-13-25(33(19)20-8-11-22(36-3)12-9-20)28-27(24-6-4-5-15-31-24)32-29(38)34(28)21-10-14-26(23(30)18-21)37-17-16-35-2/h4-15,18,27-28H,16-17H2,1-3H3,(H,32,38)/t27-,28-/m0/s1. The number of aromatic nitrogens is 2. The van der Waals surface area contributed by atoms with E-state index in [4.69, 9.17) is 38.0 Å². The number of hydrogen-bond acceptors (Lipinski definition) is 5. The SMILES string of the molecule is COCCOc1ccc(N2C(=S)N[C@@H](c3ccccn3)[C@@H]2c2ccc(C)n2-c2ccc(OC)cc2)cc1Cl. The molecule has 38 heavy (non-hydrogen) atoms. The summed E-state index contributed by atoms with van der Waals surface area (Å²) < 4.78 is 18.5. The normalized spacial score (nSPS) is 16.9. The zero-order chi connectivity index (χ0) is 26.6. The molecule has 0 radical (unpaired) electrons. The van der Waals surface area contributed by atoms with E-state index in [9.17, 15) is 0 Å². The highest BCUT2D eigenvalue weighted by Crippen LogP contribution is 2.44. The quantitative estimate of drug-likeness (QED) is 0.202. The highest BCUT2D eigenvalue weighted by Gasteiger charge is 2.42. The third kappa shape index (κ3) is 5.07. The number of ether oxygens (including phenoxy) is 3. The van der Waals surface area contributed by atoms with Gasteiger partial charge < -0.3 is 29.0 Å². The first kappa shape index (κ1) is 26.0. The van der Waals surface area contributed by atoms with Gasteiger partial charge in [-0.1, -0.05) is 17.7 Å². The summed E-state index contributed by atoms with van der Waals surface area (Å²) in [5, 5.41) is 4.62. The number of pyridine rings is 1. The van der Waals surface area contributed by atoms with Crippen molar-refractivity contribution in [3.63, 3.8) is 0 Å². The maximum atomic E-state index is 6.66. The fraction of sp³-hybridized carbons (Fsp3) is 0.241. The number of aryl methyl sites for hydroxylation is 1. The molecule has 2 aromatic heterocycles. The minimum absolute atomic E-state index is 0.189. The topological polar surface area (TPSA) is 60.8 Å². The Bertz CT molecular complexity index is 1410. The van der Waals surface area contributed by atoms with Gasteiger partial charge in [0.15, 0.2) is 5.11 Å². The Labute approximate surface area is 232 Å². The van der Waals surface area contributed by atoms with Crippen LogP contribution in [0.15, 0.2) is 79.0 Å². The minimum Gasteiger partial charge on any atom is -0.497 e. The lowest BCUT2D eigenvalue weighted by Crippen LogP contribution is -2.30. The predicted octanol–water partition coefficient (Wildman–Crippen LogP) is 6.05. The number of hydrogen-bond donors (Lipinski definition) is 1. The lowest BCUT2D eigenvalue weighted by molar-refractivity contribution is 0.146. The van der Waals surface area contributed by atoms with Gasteiger partial charge in [-0.15, -0.1) is 0 Å². The van der Waals surface area contributed by atoms with Gasteiger partial charge in [-0.2, -0.15) is 0 Å². The molecule has 3 heterocycles. The van der Waals surface area contributed by atoms with Gasteiger partial charge in [-0.05, 0) is 85.9 Å². The van der Waals surface area contributed by atoms with E-state index in [2.05, 4.69) is 51.0 Å². The van der Waals surface area contributed by atoms with Gasteiger partial charge in [0.25, 0.3) is 0 Å². The molecule has 2 atom stereocenters. The van der Waals surface area contributed by atoms with Gasteiger partial charge in [0.1, 0.15) is 24.1 Å². The van der Waals surface area contributed by atoms with Crippen molar-refractivity contribution in [2.24, 2.45) is 0 Å². The highest BCUT2D eigenvalue weighted by molar-refractivity contribution is 7.80. The molecule has 0 unspecified atom stereocenters. The molecule has 2 aromatic carbocycles. The molecule has 9 heteroatoms. The molecule has 1 fully saturated rings. The summed E-state index contributed by atoms with van der Waals surface area (Å²) in [7, 11) is 3.30. The maximum absolute atomic E-state index is 6.66. The average Bonchev–Trinajstić information content (AvgIpc) is 3.49. The van der Waals surface area contributed by atoms with Crippen LogP contribution in [-0.2, 0) is 4.74 Å². The van der Waals surface area contributed by atoms with E-state index in [0.717, 1.165) is 34.2 Å². The molecule has 4 aromatic rings. The molecule has 0 bridgehead atoms. The fourth-order valence-electron chi connectivity index (χ4n) is 4.80. The van der Waals surface area contributed by atoms with Crippen molar-refractivity contribution >= 4 is 34.6 Å². The molecule has 1 N–H and O–H groups in total. The van der Waals surface area contributed by atoms with Gasteiger partial charge in [0.2, 0.25) is 0 Å². The number of anilines is 1.